The van der Waals surface area contributed by atoms with E-state index in [0.717, 1.165) is 37.7 Å². The second-order valence-corrected chi connectivity index (χ2v) is 8.50. The second-order valence-electron chi connectivity index (χ2n) is 6.41. The van der Waals surface area contributed by atoms with Crippen molar-refractivity contribution in [1.29, 1.82) is 5.26 Å². The smallest absolute Gasteiger partial charge is 0.0621 e. The Morgan fingerprint density at radius 1 is 0.893 bits per heavy atom. The van der Waals surface area contributed by atoms with Crippen LogP contribution in [0.1, 0.15) is 43.7 Å². The number of aryl methyl sites for hydroxylation is 2. The summed E-state index contributed by atoms with van der Waals surface area (Å²) in [7, 11) is 0. The van der Waals surface area contributed by atoms with Crippen molar-refractivity contribution in [2.45, 2.75) is 51.5 Å². The molecule has 0 amide bonds. The first-order chi connectivity index (χ1) is 13.4. The van der Waals surface area contributed by atoms with Crippen LogP contribution < -0.4 is 4.34 Å². The lowest BCUT2D eigenvalue weighted by Gasteiger charge is -2.08. The summed E-state index contributed by atoms with van der Waals surface area (Å²) in [4.78, 5) is 0. The molecule has 0 aromatic heterocycles. The molecule has 0 heterocycles. The number of nitriles is 1. The standard InChI is InChI=1S/C11H14BrCl2N.C10H9Cl2N/c1-8(15-12)3-2-4-9-5-6-10(13)11(14)7-9;11-9-5-4-8(7-10(9)12)3-1-2-6-13/h5-8,15H,2-4H2,1H3;4-5,7H,1-3H2. The summed E-state index contributed by atoms with van der Waals surface area (Å²) in [6.07, 6.45) is 5.64. The zero-order chi connectivity index (χ0) is 20.9. The van der Waals surface area contributed by atoms with Gasteiger partial charge in [-0.15, -0.1) is 0 Å². The number of hydrogen-bond donors (Lipinski definition) is 1. The minimum Gasteiger partial charge on any atom is -0.253 e. The van der Waals surface area contributed by atoms with Crippen molar-refractivity contribution in [3.05, 3.63) is 67.6 Å². The average Bonchev–Trinajstić information content (AvgIpc) is 2.68. The van der Waals surface area contributed by atoms with Gasteiger partial charge in [-0.25, -0.2) is 0 Å². The van der Waals surface area contributed by atoms with Crippen molar-refractivity contribution in [2.75, 3.05) is 0 Å². The molecule has 0 aliphatic carbocycles. The van der Waals surface area contributed by atoms with Crippen molar-refractivity contribution in [3.8, 4) is 6.07 Å². The Morgan fingerprint density at radius 3 is 1.82 bits per heavy atom. The minimum absolute atomic E-state index is 0.493. The van der Waals surface area contributed by atoms with E-state index in [0.29, 0.717) is 32.6 Å². The van der Waals surface area contributed by atoms with Crippen molar-refractivity contribution < 1.29 is 0 Å². The summed E-state index contributed by atoms with van der Waals surface area (Å²) in [5, 5.41) is 10.8. The van der Waals surface area contributed by atoms with Crippen molar-refractivity contribution in [2.24, 2.45) is 0 Å². The molecule has 2 nitrogen and oxygen atoms in total. The summed E-state index contributed by atoms with van der Waals surface area (Å²) in [6.45, 7) is 2.14. The van der Waals surface area contributed by atoms with E-state index < -0.39 is 0 Å². The van der Waals surface area contributed by atoms with Gasteiger partial charge in [0, 0.05) is 28.6 Å². The summed E-state index contributed by atoms with van der Waals surface area (Å²) in [5.74, 6) is 0. The predicted molar refractivity (Wildman–Crippen MR) is 126 cm³/mol. The maximum atomic E-state index is 8.35. The third kappa shape index (κ3) is 10.3. The maximum absolute atomic E-state index is 8.35. The van der Waals surface area contributed by atoms with Crippen LogP contribution in [0.5, 0.6) is 0 Å². The van der Waals surface area contributed by atoms with Gasteiger partial charge in [-0.05, 0) is 74.4 Å². The maximum Gasteiger partial charge on any atom is 0.0621 e. The number of unbranched alkanes of at least 4 members (excludes halogenated alkanes) is 1. The van der Waals surface area contributed by atoms with Gasteiger partial charge in [-0.2, -0.15) is 5.26 Å². The second kappa shape index (κ2) is 14.5. The van der Waals surface area contributed by atoms with Crippen LogP contribution in [-0.2, 0) is 12.8 Å². The van der Waals surface area contributed by atoms with E-state index >= 15 is 0 Å². The van der Waals surface area contributed by atoms with Gasteiger partial charge >= 0.3 is 0 Å². The van der Waals surface area contributed by atoms with Crippen molar-refractivity contribution in [3.63, 3.8) is 0 Å². The molecule has 1 atom stereocenters. The highest BCUT2D eigenvalue weighted by Crippen LogP contribution is 2.24. The Morgan fingerprint density at radius 2 is 1.39 bits per heavy atom. The molecule has 0 aliphatic rings. The van der Waals surface area contributed by atoms with Gasteiger partial charge in [-0.1, -0.05) is 58.5 Å². The molecule has 1 unspecified atom stereocenters. The SMILES string of the molecule is CC(CCCc1ccc(Cl)c(Cl)c1)NBr.N#CCCCc1ccc(Cl)c(Cl)c1. The molecule has 0 bridgehead atoms. The van der Waals surface area contributed by atoms with Crippen LogP contribution in [0.4, 0.5) is 0 Å². The normalized spacial score (nSPS) is 11.3. The highest BCUT2D eigenvalue weighted by Gasteiger charge is 2.02. The summed E-state index contributed by atoms with van der Waals surface area (Å²) in [6, 6.07) is 14.0. The Kier molecular flexibility index (Phi) is 13.2. The van der Waals surface area contributed by atoms with Gasteiger partial charge in [0.05, 0.1) is 26.2 Å². The Hall–Kier alpha value is -0.470. The molecule has 2 aromatic rings. The molecule has 152 valence electrons. The van der Waals surface area contributed by atoms with Crippen LogP contribution in [-0.4, -0.2) is 6.04 Å². The van der Waals surface area contributed by atoms with Crippen LogP contribution in [0.2, 0.25) is 20.1 Å². The van der Waals surface area contributed by atoms with Crippen LogP contribution in [0.15, 0.2) is 36.4 Å². The monoisotopic (exact) mass is 522 g/mol. The van der Waals surface area contributed by atoms with Crippen LogP contribution in [0.25, 0.3) is 0 Å². The molecule has 7 heteroatoms. The van der Waals surface area contributed by atoms with E-state index in [9.17, 15) is 0 Å². The third-order valence-electron chi connectivity index (χ3n) is 4.01. The lowest BCUT2D eigenvalue weighted by Crippen LogP contribution is -2.15. The van der Waals surface area contributed by atoms with E-state index in [1.54, 1.807) is 6.07 Å². The molecule has 0 spiro atoms. The van der Waals surface area contributed by atoms with Gasteiger partial charge in [0.15, 0.2) is 0 Å². The van der Waals surface area contributed by atoms with Gasteiger partial charge in [0.1, 0.15) is 0 Å². The zero-order valence-corrected chi connectivity index (χ0v) is 20.2. The quantitative estimate of drug-likeness (QED) is 0.278. The first kappa shape index (κ1) is 25.6. The molecule has 0 saturated heterocycles. The fraction of sp³-hybridized carbons (Fsp3) is 0.381. The Bertz CT molecular complexity index is 777. The first-order valence-corrected chi connectivity index (χ1v) is 11.3. The number of hydrogen-bond acceptors (Lipinski definition) is 2. The van der Waals surface area contributed by atoms with Crippen molar-refractivity contribution in [1.82, 2.24) is 4.34 Å². The first-order valence-electron chi connectivity index (χ1n) is 8.98. The van der Waals surface area contributed by atoms with Gasteiger partial charge in [0.2, 0.25) is 0 Å². The van der Waals surface area contributed by atoms with E-state index in [-0.39, 0.29) is 0 Å². The number of benzene rings is 2. The number of nitrogens with zero attached hydrogens (tertiary/aromatic N) is 1. The van der Waals surface area contributed by atoms with Crippen LogP contribution in [0, 0.1) is 11.3 Å². The molecule has 0 saturated carbocycles. The lowest BCUT2D eigenvalue weighted by molar-refractivity contribution is 0.600. The van der Waals surface area contributed by atoms with Gasteiger partial charge in [-0.3, -0.25) is 4.34 Å². The fourth-order valence-electron chi connectivity index (χ4n) is 2.43. The topological polar surface area (TPSA) is 35.8 Å². The highest BCUT2D eigenvalue weighted by molar-refractivity contribution is 9.08. The zero-order valence-electron chi connectivity index (χ0n) is 15.6. The Labute approximate surface area is 196 Å². The average molecular weight is 525 g/mol. The minimum atomic E-state index is 0.493. The van der Waals surface area contributed by atoms with Gasteiger partial charge < -0.3 is 0 Å². The van der Waals surface area contributed by atoms with E-state index in [2.05, 4.69) is 33.5 Å². The number of nitrogens with one attached hydrogen (secondary N) is 1. The molecule has 28 heavy (non-hydrogen) atoms. The summed E-state index contributed by atoms with van der Waals surface area (Å²) < 4.78 is 3.04. The molecule has 0 aliphatic heterocycles. The molecule has 0 fully saturated rings. The number of rotatable bonds is 8. The van der Waals surface area contributed by atoms with Crippen LogP contribution >= 0.6 is 62.6 Å². The molecular weight excluding hydrogens is 502 g/mol. The largest absolute Gasteiger partial charge is 0.253 e. The molecule has 1 N–H and O–H groups in total. The third-order valence-corrected chi connectivity index (χ3v) is 6.27. The molecule has 2 rings (SSSR count). The predicted octanol–water partition coefficient (Wildman–Crippen LogP) is 8.44. The number of halogens is 5. The van der Waals surface area contributed by atoms with Crippen LogP contribution in [0.3, 0.4) is 0 Å². The highest BCUT2D eigenvalue weighted by atomic mass is 79.9. The Balaban J connectivity index is 0.000000283. The molecule has 0 radical (unpaired) electrons. The van der Waals surface area contributed by atoms with Crippen molar-refractivity contribution >= 4 is 62.6 Å². The van der Waals surface area contributed by atoms with E-state index in [1.807, 2.05) is 30.3 Å². The molecule has 2 aromatic carbocycles. The van der Waals surface area contributed by atoms with E-state index in [1.165, 1.54) is 5.56 Å². The van der Waals surface area contributed by atoms with Gasteiger partial charge in [0.25, 0.3) is 0 Å². The fourth-order valence-corrected chi connectivity index (χ4v) is 3.30. The lowest BCUT2D eigenvalue weighted by atomic mass is 10.1. The van der Waals surface area contributed by atoms with E-state index in [4.69, 9.17) is 51.7 Å². The summed E-state index contributed by atoms with van der Waals surface area (Å²) >= 11 is 26.6. The molecular formula is C21H23BrCl4N2. The summed E-state index contributed by atoms with van der Waals surface area (Å²) in [5.41, 5.74) is 2.37.